The highest BCUT2D eigenvalue weighted by Crippen LogP contribution is 2.49. The van der Waals surface area contributed by atoms with Crippen molar-refractivity contribution in [1.29, 1.82) is 0 Å². The first kappa shape index (κ1) is 34.9. The average Bonchev–Trinajstić information content (AvgIpc) is 4.09. The van der Waals surface area contributed by atoms with Crippen LogP contribution < -0.4 is 0 Å². The smallest absolute Gasteiger partial charge is 0.0542 e. The van der Waals surface area contributed by atoms with Crippen molar-refractivity contribution in [1.82, 2.24) is 13.7 Å². The largest absolute Gasteiger partial charge is 0.309 e. The molecule has 300 valence electrons. The molecule has 0 fully saturated rings. The van der Waals surface area contributed by atoms with E-state index in [1.54, 1.807) is 0 Å². The maximum atomic E-state index is 2.44. The molecule has 0 amide bonds. The third-order valence-corrected chi connectivity index (χ3v) is 14.3. The van der Waals surface area contributed by atoms with Gasteiger partial charge < -0.3 is 13.7 Å². The number of hydrogen-bond donors (Lipinski definition) is 0. The number of nitrogens with zero attached hydrogens (tertiary/aromatic N) is 3. The van der Waals surface area contributed by atoms with Crippen LogP contribution in [0.3, 0.4) is 0 Å². The van der Waals surface area contributed by atoms with Crippen molar-refractivity contribution in [2.75, 3.05) is 0 Å². The molecule has 0 atom stereocenters. The van der Waals surface area contributed by atoms with Gasteiger partial charge in [0.05, 0.1) is 33.1 Å². The Bertz CT molecular complexity index is 4310. The first-order chi connectivity index (χ1) is 32.2. The molecule has 14 aromatic rings. The van der Waals surface area contributed by atoms with E-state index in [1.165, 1.54) is 120 Å². The Hall–Kier alpha value is -8.66. The van der Waals surface area contributed by atoms with E-state index in [0.29, 0.717) is 0 Å². The molecule has 0 bridgehead atoms. The van der Waals surface area contributed by atoms with Gasteiger partial charge in [-0.05, 0) is 146 Å². The summed E-state index contributed by atoms with van der Waals surface area (Å²) in [5.41, 5.74) is 18.5. The van der Waals surface area contributed by atoms with E-state index in [1.807, 2.05) is 0 Å². The van der Waals surface area contributed by atoms with E-state index in [2.05, 4.69) is 238 Å². The van der Waals surface area contributed by atoms with Gasteiger partial charge in [0.15, 0.2) is 0 Å². The molecule has 0 saturated heterocycles. The monoisotopic (exact) mass is 823 g/mol. The summed E-state index contributed by atoms with van der Waals surface area (Å²) in [4.78, 5) is 0. The zero-order valence-corrected chi connectivity index (χ0v) is 35.2. The molecule has 3 heteroatoms. The normalized spacial score (nSPS) is 12.3. The maximum Gasteiger partial charge on any atom is 0.0542 e. The van der Waals surface area contributed by atoms with Crippen LogP contribution in [-0.4, -0.2) is 13.7 Å². The molecular formula is C62H37N3. The lowest BCUT2D eigenvalue weighted by Gasteiger charge is -2.12. The van der Waals surface area contributed by atoms with Gasteiger partial charge in [0.1, 0.15) is 0 Å². The number of hydrogen-bond acceptors (Lipinski definition) is 0. The molecule has 3 heterocycles. The van der Waals surface area contributed by atoms with E-state index in [4.69, 9.17) is 0 Å². The molecule has 0 spiro atoms. The van der Waals surface area contributed by atoms with E-state index < -0.39 is 0 Å². The summed E-state index contributed by atoms with van der Waals surface area (Å²) in [6.45, 7) is 0. The Kier molecular flexibility index (Phi) is 6.95. The van der Waals surface area contributed by atoms with E-state index in [-0.39, 0.29) is 0 Å². The zero-order chi connectivity index (χ0) is 42.3. The fourth-order valence-corrected chi connectivity index (χ4v) is 11.5. The number of rotatable bonds is 4. The summed E-state index contributed by atoms with van der Waals surface area (Å²) in [6.07, 6.45) is 0. The second-order valence-electron chi connectivity index (χ2n) is 17.7. The highest BCUT2D eigenvalue weighted by atomic mass is 15.0. The standard InChI is InChI=1S/C62H37N3/c1-2-14-47-46(13-1)52-19-11-12-41-33-42(35-55(47)62(41)52)39-24-25-40-34-43(27-26-38(40)32-39)63-58-22-9-5-17-50(58)53-37-45(29-30-60(53)63)65-59-23-10-6-18-51(59)54-36-44(28-31-61(54)65)64-56-20-7-3-15-48(56)49-16-4-8-21-57(49)64/h1-37H. The van der Waals surface area contributed by atoms with Crippen LogP contribution in [0.4, 0.5) is 0 Å². The quantitative estimate of drug-likeness (QED) is 0.168. The number of benzene rings is 11. The summed E-state index contributed by atoms with van der Waals surface area (Å²) in [5.74, 6) is 0. The van der Waals surface area contributed by atoms with Crippen molar-refractivity contribution < 1.29 is 0 Å². The van der Waals surface area contributed by atoms with Crippen molar-refractivity contribution in [2.24, 2.45) is 0 Å². The van der Waals surface area contributed by atoms with Crippen LogP contribution in [-0.2, 0) is 0 Å². The molecule has 0 unspecified atom stereocenters. The van der Waals surface area contributed by atoms with Crippen LogP contribution in [0.1, 0.15) is 0 Å². The number of fused-ring (bicyclic) bond motifs is 13. The summed E-state index contributed by atoms with van der Waals surface area (Å²) < 4.78 is 7.29. The minimum absolute atomic E-state index is 1.15. The van der Waals surface area contributed by atoms with Gasteiger partial charge in [-0.3, -0.25) is 0 Å². The predicted molar refractivity (Wildman–Crippen MR) is 274 cm³/mol. The van der Waals surface area contributed by atoms with Crippen molar-refractivity contribution in [3.8, 4) is 50.4 Å². The fourth-order valence-electron chi connectivity index (χ4n) is 11.5. The summed E-state index contributed by atoms with van der Waals surface area (Å²) in [5, 5.41) is 12.6. The van der Waals surface area contributed by atoms with Gasteiger partial charge in [0.2, 0.25) is 0 Å². The first-order valence-corrected chi connectivity index (χ1v) is 22.5. The second-order valence-corrected chi connectivity index (χ2v) is 17.7. The van der Waals surface area contributed by atoms with Crippen LogP contribution in [0, 0.1) is 0 Å². The lowest BCUT2D eigenvalue weighted by atomic mass is 9.95. The number of aromatic nitrogens is 3. The molecule has 0 saturated carbocycles. The predicted octanol–water partition coefficient (Wildman–Crippen LogP) is 16.6. The third kappa shape index (κ3) is 4.84. The van der Waals surface area contributed by atoms with Gasteiger partial charge in [0, 0.05) is 49.4 Å². The van der Waals surface area contributed by atoms with Crippen molar-refractivity contribution in [3.63, 3.8) is 0 Å². The third-order valence-electron chi connectivity index (χ3n) is 14.3. The topological polar surface area (TPSA) is 14.8 Å². The molecule has 65 heavy (non-hydrogen) atoms. The van der Waals surface area contributed by atoms with Gasteiger partial charge >= 0.3 is 0 Å². The maximum absolute atomic E-state index is 2.44. The van der Waals surface area contributed by atoms with Crippen LogP contribution in [0.15, 0.2) is 224 Å². The molecule has 0 aliphatic heterocycles. The number of para-hydroxylation sites is 4. The van der Waals surface area contributed by atoms with E-state index >= 15 is 0 Å². The molecule has 3 nitrogen and oxygen atoms in total. The van der Waals surface area contributed by atoms with Gasteiger partial charge in [-0.2, -0.15) is 0 Å². The molecule has 11 aromatic carbocycles. The van der Waals surface area contributed by atoms with Crippen LogP contribution >= 0.6 is 0 Å². The van der Waals surface area contributed by atoms with Gasteiger partial charge in [-0.1, -0.05) is 133 Å². The summed E-state index contributed by atoms with van der Waals surface area (Å²) >= 11 is 0. The Morgan fingerprint density at radius 3 is 1.22 bits per heavy atom. The zero-order valence-electron chi connectivity index (χ0n) is 35.2. The first-order valence-electron chi connectivity index (χ1n) is 22.5. The minimum atomic E-state index is 1.15. The van der Waals surface area contributed by atoms with E-state index in [9.17, 15) is 0 Å². The molecule has 0 N–H and O–H groups in total. The van der Waals surface area contributed by atoms with E-state index in [0.717, 1.165) is 17.1 Å². The summed E-state index contributed by atoms with van der Waals surface area (Å²) in [7, 11) is 0. The highest BCUT2D eigenvalue weighted by Gasteiger charge is 2.23. The lowest BCUT2D eigenvalue weighted by molar-refractivity contribution is 1.16. The van der Waals surface area contributed by atoms with Crippen LogP contribution in [0.25, 0.3) is 137 Å². The van der Waals surface area contributed by atoms with Crippen molar-refractivity contribution in [2.45, 2.75) is 0 Å². The van der Waals surface area contributed by atoms with Gasteiger partial charge in [-0.15, -0.1) is 0 Å². The Morgan fingerprint density at radius 1 is 0.215 bits per heavy atom. The average molecular weight is 824 g/mol. The van der Waals surface area contributed by atoms with Crippen LogP contribution in [0.2, 0.25) is 0 Å². The fraction of sp³-hybridized carbons (Fsp3) is 0. The molecule has 15 rings (SSSR count). The van der Waals surface area contributed by atoms with Gasteiger partial charge in [-0.25, -0.2) is 0 Å². The Morgan fingerprint density at radius 2 is 0.631 bits per heavy atom. The second kappa shape index (κ2) is 12.9. The SMILES string of the molecule is c1ccc2c(c1)-c1cccc3cc(-c4ccc5cc(-n6c7ccccc7c7cc(-n8c9ccccc9c9cc(-n%10c%11ccccc%11c%11ccccc%11%10)ccc98)ccc76)ccc5c4)cc-2c13. The molecule has 1 aliphatic rings. The Labute approximate surface area is 373 Å². The van der Waals surface area contributed by atoms with Crippen molar-refractivity contribution >= 4 is 87.0 Å². The van der Waals surface area contributed by atoms with Crippen LogP contribution in [0.5, 0.6) is 0 Å². The molecule has 3 aromatic heterocycles. The minimum Gasteiger partial charge on any atom is -0.309 e. The molecule has 0 radical (unpaired) electrons. The molecular weight excluding hydrogens is 787 g/mol. The highest BCUT2D eigenvalue weighted by molar-refractivity contribution is 6.17. The summed E-state index contributed by atoms with van der Waals surface area (Å²) in [6, 6.07) is 83.3. The molecule has 1 aliphatic carbocycles. The Balaban J connectivity index is 0.854. The van der Waals surface area contributed by atoms with Crippen molar-refractivity contribution in [3.05, 3.63) is 224 Å². The van der Waals surface area contributed by atoms with Gasteiger partial charge in [0.25, 0.3) is 0 Å². The lowest BCUT2D eigenvalue weighted by Crippen LogP contribution is -1.97.